The number of hydrogen-bond donors (Lipinski definition) is 6. The molecular formula is C10H16O9. The molecular weight excluding hydrogens is 264 g/mol. The maximum Gasteiger partial charge on any atom is 0.328 e. The van der Waals surface area contributed by atoms with Crippen molar-refractivity contribution in [3.8, 4) is 0 Å². The van der Waals surface area contributed by atoms with Crippen molar-refractivity contribution in [2.75, 3.05) is 6.61 Å². The lowest BCUT2D eigenvalue weighted by molar-refractivity contribution is -0.143. The second-order valence-corrected chi connectivity index (χ2v) is 3.23. The molecule has 19 heavy (non-hydrogen) atoms. The number of carboxylic acids is 3. The van der Waals surface area contributed by atoms with Gasteiger partial charge in [0, 0.05) is 6.08 Å². The molecule has 0 spiro atoms. The van der Waals surface area contributed by atoms with Crippen molar-refractivity contribution in [3.63, 3.8) is 0 Å². The van der Waals surface area contributed by atoms with Crippen LogP contribution in [0.3, 0.4) is 0 Å². The average Bonchev–Trinajstić information content (AvgIpc) is 2.33. The smallest absolute Gasteiger partial charge is 0.328 e. The Morgan fingerprint density at radius 1 is 0.947 bits per heavy atom. The third-order valence-electron chi connectivity index (χ3n) is 1.57. The molecule has 0 heterocycles. The first kappa shape index (κ1) is 19.4. The van der Waals surface area contributed by atoms with E-state index in [1.807, 2.05) is 0 Å². The van der Waals surface area contributed by atoms with Crippen LogP contribution in [-0.4, -0.2) is 67.4 Å². The minimum atomic E-state index is -1.34. The van der Waals surface area contributed by atoms with Crippen LogP contribution in [0.1, 0.15) is 12.8 Å². The summed E-state index contributed by atoms with van der Waals surface area (Å²) in [6.07, 6.45) is -1.67. The number of hydrogen-bond acceptors (Lipinski definition) is 6. The number of carbonyl (C=O) groups is 3. The molecule has 110 valence electrons. The Morgan fingerprint density at radius 2 is 1.37 bits per heavy atom. The van der Waals surface area contributed by atoms with Gasteiger partial charge in [-0.2, -0.15) is 0 Å². The van der Waals surface area contributed by atoms with Gasteiger partial charge in [-0.3, -0.25) is 9.59 Å². The summed E-state index contributed by atoms with van der Waals surface area (Å²) in [5, 5.41) is 49.7. The summed E-state index contributed by atoms with van der Waals surface area (Å²) in [4.78, 5) is 29.2. The molecule has 0 aromatic carbocycles. The van der Waals surface area contributed by atoms with Crippen molar-refractivity contribution in [1.29, 1.82) is 0 Å². The highest BCUT2D eigenvalue weighted by molar-refractivity contribution is 5.79. The lowest BCUT2D eigenvalue weighted by Crippen LogP contribution is -2.27. The third-order valence-corrected chi connectivity index (χ3v) is 1.57. The first-order chi connectivity index (χ1) is 8.70. The third kappa shape index (κ3) is 16.0. The SMILES string of the molecule is O=C(O)C=CC(O)C(O)CO.O=C(O)CCC(=O)O. The number of rotatable bonds is 7. The van der Waals surface area contributed by atoms with Gasteiger partial charge >= 0.3 is 17.9 Å². The van der Waals surface area contributed by atoms with Gasteiger partial charge in [-0.1, -0.05) is 0 Å². The quantitative estimate of drug-likeness (QED) is 0.296. The Bertz CT molecular complexity index is 309. The normalized spacial score (nSPS) is 13.2. The molecule has 2 unspecified atom stereocenters. The predicted molar refractivity (Wildman–Crippen MR) is 60.4 cm³/mol. The summed E-state index contributed by atoms with van der Waals surface area (Å²) < 4.78 is 0. The Labute approximate surface area is 108 Å². The second kappa shape index (κ2) is 11.1. The Morgan fingerprint density at radius 3 is 1.63 bits per heavy atom. The standard InChI is InChI=1S/C6H10O5.C4H6O4/c7-3-5(9)4(8)1-2-6(10)11;5-3(6)1-2-4(7)8/h1-2,4-5,7-9H,3H2,(H,10,11);1-2H2,(H,5,6)(H,7,8). The van der Waals surface area contributed by atoms with Gasteiger partial charge < -0.3 is 30.6 Å². The number of carboxylic acid groups (broad SMARTS) is 3. The van der Waals surface area contributed by atoms with Gasteiger partial charge in [-0.25, -0.2) is 4.79 Å². The van der Waals surface area contributed by atoms with Crippen LogP contribution in [0.2, 0.25) is 0 Å². The second-order valence-electron chi connectivity index (χ2n) is 3.23. The molecule has 0 aromatic heterocycles. The van der Waals surface area contributed by atoms with E-state index in [-0.39, 0.29) is 12.8 Å². The minimum absolute atomic E-state index is 0.296. The molecule has 0 saturated heterocycles. The minimum Gasteiger partial charge on any atom is -0.481 e. The highest BCUT2D eigenvalue weighted by Gasteiger charge is 2.11. The largest absolute Gasteiger partial charge is 0.481 e. The first-order valence-corrected chi connectivity index (χ1v) is 5.02. The van der Waals surface area contributed by atoms with Gasteiger partial charge in [0.25, 0.3) is 0 Å². The molecule has 0 aliphatic heterocycles. The van der Waals surface area contributed by atoms with E-state index in [1.165, 1.54) is 0 Å². The van der Waals surface area contributed by atoms with Crippen LogP contribution in [-0.2, 0) is 14.4 Å². The fraction of sp³-hybridized carbons (Fsp3) is 0.500. The van der Waals surface area contributed by atoms with Gasteiger partial charge in [0.2, 0.25) is 0 Å². The van der Waals surface area contributed by atoms with Gasteiger partial charge in [0.15, 0.2) is 0 Å². The van der Waals surface area contributed by atoms with E-state index in [2.05, 4.69) is 0 Å². The van der Waals surface area contributed by atoms with Crippen LogP contribution in [0.5, 0.6) is 0 Å². The van der Waals surface area contributed by atoms with Crippen molar-refractivity contribution in [2.45, 2.75) is 25.0 Å². The fourth-order valence-corrected chi connectivity index (χ4v) is 0.631. The molecule has 9 heteroatoms. The summed E-state index contributed by atoms with van der Waals surface area (Å²) in [7, 11) is 0. The lowest BCUT2D eigenvalue weighted by atomic mass is 10.2. The van der Waals surface area contributed by atoms with Crippen molar-refractivity contribution in [3.05, 3.63) is 12.2 Å². The maximum atomic E-state index is 9.87. The molecule has 0 aliphatic rings. The molecule has 0 aromatic rings. The van der Waals surface area contributed by atoms with Crippen LogP contribution in [0.25, 0.3) is 0 Å². The monoisotopic (exact) mass is 280 g/mol. The van der Waals surface area contributed by atoms with E-state index in [9.17, 15) is 14.4 Å². The summed E-state index contributed by atoms with van der Waals surface area (Å²) >= 11 is 0. The van der Waals surface area contributed by atoms with Gasteiger partial charge in [0.1, 0.15) is 12.2 Å². The van der Waals surface area contributed by atoms with Gasteiger partial charge in [-0.05, 0) is 6.08 Å². The zero-order chi connectivity index (χ0) is 15.4. The molecule has 9 nitrogen and oxygen atoms in total. The van der Waals surface area contributed by atoms with Crippen molar-refractivity contribution >= 4 is 17.9 Å². The lowest BCUT2D eigenvalue weighted by Gasteiger charge is -2.09. The van der Waals surface area contributed by atoms with E-state index < -0.39 is 36.7 Å². The van der Waals surface area contributed by atoms with Gasteiger partial charge in [-0.15, -0.1) is 0 Å². The van der Waals surface area contributed by atoms with Crippen LogP contribution in [0.4, 0.5) is 0 Å². The van der Waals surface area contributed by atoms with E-state index in [0.717, 1.165) is 6.08 Å². The molecule has 0 saturated carbocycles. The van der Waals surface area contributed by atoms with E-state index in [0.29, 0.717) is 6.08 Å². The predicted octanol–water partition coefficient (Wildman–Crippen LogP) is -1.72. The maximum absolute atomic E-state index is 9.87. The van der Waals surface area contributed by atoms with Crippen molar-refractivity contribution < 1.29 is 45.0 Å². The first-order valence-electron chi connectivity index (χ1n) is 5.02. The van der Waals surface area contributed by atoms with Crippen LogP contribution >= 0.6 is 0 Å². The Kier molecular flexibility index (Phi) is 11.4. The molecule has 0 fully saturated rings. The van der Waals surface area contributed by atoms with Crippen LogP contribution < -0.4 is 0 Å². The van der Waals surface area contributed by atoms with E-state index >= 15 is 0 Å². The molecule has 0 radical (unpaired) electrons. The number of aliphatic hydroxyl groups is 3. The van der Waals surface area contributed by atoms with Crippen LogP contribution in [0.15, 0.2) is 12.2 Å². The summed E-state index contributed by atoms with van der Waals surface area (Å²) in [6, 6.07) is 0. The van der Waals surface area contributed by atoms with E-state index in [1.54, 1.807) is 0 Å². The molecule has 0 rings (SSSR count). The summed E-state index contributed by atoms with van der Waals surface area (Å²) in [5.74, 6) is -3.37. The fourth-order valence-electron chi connectivity index (χ4n) is 0.631. The highest BCUT2D eigenvalue weighted by atomic mass is 16.4. The number of aliphatic hydroxyl groups excluding tert-OH is 3. The van der Waals surface area contributed by atoms with Crippen LogP contribution in [0, 0.1) is 0 Å². The topological polar surface area (TPSA) is 173 Å². The molecule has 0 amide bonds. The zero-order valence-electron chi connectivity index (χ0n) is 9.84. The summed E-state index contributed by atoms with van der Waals surface area (Å²) in [6.45, 7) is -0.606. The Hall–Kier alpha value is -1.97. The highest BCUT2D eigenvalue weighted by Crippen LogP contribution is 1.93. The zero-order valence-corrected chi connectivity index (χ0v) is 9.84. The summed E-state index contributed by atoms with van der Waals surface area (Å²) in [5.41, 5.74) is 0. The van der Waals surface area contributed by atoms with Crippen molar-refractivity contribution in [2.24, 2.45) is 0 Å². The molecule has 6 N–H and O–H groups in total. The average molecular weight is 280 g/mol. The van der Waals surface area contributed by atoms with E-state index in [4.69, 9.17) is 30.6 Å². The number of aliphatic carboxylic acids is 3. The molecule has 0 aliphatic carbocycles. The van der Waals surface area contributed by atoms with Crippen molar-refractivity contribution in [1.82, 2.24) is 0 Å². The van der Waals surface area contributed by atoms with Gasteiger partial charge in [0.05, 0.1) is 19.4 Å². The molecule has 2 atom stereocenters. The Balaban J connectivity index is 0. The molecule has 0 bridgehead atoms.